The number of carbonyl (C=O) groups is 1. The smallest absolute Gasteiger partial charge is 0.289 e. The first-order chi connectivity index (χ1) is 13.6. The minimum absolute atomic E-state index is 0.0453. The normalized spacial score (nSPS) is 15.4. The molecule has 1 aliphatic heterocycles. The predicted octanol–water partition coefficient (Wildman–Crippen LogP) is 2.83. The van der Waals surface area contributed by atoms with Gasteiger partial charge in [-0.1, -0.05) is 13.8 Å². The highest BCUT2D eigenvalue weighted by atomic mass is 32.1. The molecule has 0 radical (unpaired) electrons. The lowest BCUT2D eigenvalue weighted by Crippen LogP contribution is -2.53. The molecular formula is C20H29N5O2S. The molecule has 28 heavy (non-hydrogen) atoms. The van der Waals surface area contributed by atoms with Crippen LogP contribution >= 0.6 is 11.3 Å². The molecule has 2 aromatic rings. The number of aliphatic imine (C=N–C) groups is 1. The first-order valence-electron chi connectivity index (χ1n) is 9.88. The Hall–Kier alpha value is -2.35. The van der Waals surface area contributed by atoms with Crippen LogP contribution in [-0.4, -0.2) is 65.9 Å². The minimum Gasteiger partial charge on any atom is -0.459 e. The van der Waals surface area contributed by atoms with Gasteiger partial charge < -0.3 is 19.5 Å². The summed E-state index contributed by atoms with van der Waals surface area (Å²) in [6.07, 6.45) is 2.38. The van der Waals surface area contributed by atoms with Crippen molar-refractivity contribution in [1.29, 1.82) is 0 Å². The number of thiazole rings is 1. The molecule has 8 heteroatoms. The summed E-state index contributed by atoms with van der Waals surface area (Å²) in [5.74, 6) is 1.74. The number of furan rings is 1. The van der Waals surface area contributed by atoms with Crippen molar-refractivity contribution in [3.63, 3.8) is 0 Å². The van der Waals surface area contributed by atoms with Gasteiger partial charge in [-0.05, 0) is 19.1 Å². The summed E-state index contributed by atoms with van der Waals surface area (Å²) in [5, 5.41) is 6.69. The van der Waals surface area contributed by atoms with Crippen LogP contribution in [0.25, 0.3) is 0 Å². The van der Waals surface area contributed by atoms with Gasteiger partial charge in [-0.15, -0.1) is 11.3 Å². The van der Waals surface area contributed by atoms with E-state index in [0.29, 0.717) is 31.3 Å². The minimum atomic E-state index is -0.0453. The molecule has 1 fully saturated rings. The summed E-state index contributed by atoms with van der Waals surface area (Å²) >= 11 is 1.73. The molecule has 1 aliphatic rings. The maximum Gasteiger partial charge on any atom is 0.289 e. The van der Waals surface area contributed by atoms with Crippen LogP contribution in [0.1, 0.15) is 47.9 Å². The van der Waals surface area contributed by atoms with Crippen LogP contribution in [0, 0.1) is 0 Å². The molecule has 0 unspecified atom stereocenters. The highest BCUT2D eigenvalue weighted by Crippen LogP contribution is 2.19. The zero-order chi connectivity index (χ0) is 19.9. The molecule has 7 nitrogen and oxygen atoms in total. The van der Waals surface area contributed by atoms with Crippen molar-refractivity contribution < 1.29 is 9.21 Å². The van der Waals surface area contributed by atoms with Gasteiger partial charge in [-0.2, -0.15) is 0 Å². The van der Waals surface area contributed by atoms with E-state index in [-0.39, 0.29) is 5.91 Å². The average molecular weight is 404 g/mol. The molecule has 0 spiro atoms. The van der Waals surface area contributed by atoms with E-state index in [1.807, 2.05) is 4.90 Å². The topological polar surface area (TPSA) is 74.0 Å². The highest BCUT2D eigenvalue weighted by molar-refractivity contribution is 7.09. The fourth-order valence-corrected chi connectivity index (χ4v) is 3.95. The van der Waals surface area contributed by atoms with E-state index >= 15 is 0 Å². The maximum atomic E-state index is 12.4. The fraction of sp³-hybridized carbons (Fsp3) is 0.550. The summed E-state index contributed by atoms with van der Waals surface area (Å²) in [4.78, 5) is 25.9. The van der Waals surface area contributed by atoms with Crippen LogP contribution in [0.15, 0.2) is 33.2 Å². The molecular weight excluding hydrogens is 374 g/mol. The Morgan fingerprint density at radius 3 is 2.68 bits per heavy atom. The SMILES string of the molecule is CCNC(=NCCc1csc(C(C)C)n1)N1CCN(C(=O)c2ccco2)CC1. The first-order valence-corrected chi connectivity index (χ1v) is 10.8. The second-order valence-corrected chi connectivity index (χ2v) is 7.96. The first kappa shape index (κ1) is 20.4. The Labute approximate surface area is 170 Å². The number of rotatable bonds is 6. The molecule has 152 valence electrons. The van der Waals surface area contributed by atoms with Crippen molar-refractivity contribution >= 4 is 23.2 Å². The number of carbonyl (C=O) groups excluding carboxylic acids is 1. The van der Waals surface area contributed by atoms with Crippen molar-refractivity contribution in [2.45, 2.75) is 33.1 Å². The zero-order valence-corrected chi connectivity index (χ0v) is 17.7. The van der Waals surface area contributed by atoms with E-state index in [2.05, 4.69) is 41.4 Å². The van der Waals surface area contributed by atoms with Crippen molar-refractivity contribution in [2.75, 3.05) is 39.3 Å². The molecule has 0 atom stereocenters. The van der Waals surface area contributed by atoms with E-state index in [1.165, 1.54) is 11.3 Å². The Morgan fingerprint density at radius 1 is 1.32 bits per heavy atom. The Morgan fingerprint density at radius 2 is 2.07 bits per heavy atom. The van der Waals surface area contributed by atoms with Gasteiger partial charge in [0.25, 0.3) is 5.91 Å². The third kappa shape index (κ3) is 5.13. The van der Waals surface area contributed by atoms with Crippen molar-refractivity contribution in [3.05, 3.63) is 40.2 Å². The molecule has 1 N–H and O–H groups in total. The molecule has 3 heterocycles. The molecule has 0 bridgehead atoms. The lowest BCUT2D eigenvalue weighted by molar-refractivity contribution is 0.0657. The molecule has 0 saturated carbocycles. The van der Waals surface area contributed by atoms with Crippen LogP contribution in [0.4, 0.5) is 0 Å². The quantitative estimate of drug-likeness (QED) is 0.593. The summed E-state index contributed by atoms with van der Waals surface area (Å²) < 4.78 is 5.23. The number of nitrogens with one attached hydrogen (secondary N) is 1. The van der Waals surface area contributed by atoms with Gasteiger partial charge in [0, 0.05) is 57.0 Å². The molecule has 0 aromatic carbocycles. The van der Waals surface area contributed by atoms with Crippen LogP contribution < -0.4 is 5.32 Å². The van der Waals surface area contributed by atoms with Gasteiger partial charge in [0.05, 0.1) is 17.0 Å². The molecule has 3 rings (SSSR count). The van der Waals surface area contributed by atoms with Crippen LogP contribution in [0.5, 0.6) is 0 Å². The number of guanidine groups is 1. The van der Waals surface area contributed by atoms with Gasteiger partial charge in [-0.25, -0.2) is 4.98 Å². The van der Waals surface area contributed by atoms with E-state index < -0.39 is 0 Å². The number of piperazine rings is 1. The summed E-state index contributed by atoms with van der Waals surface area (Å²) in [7, 11) is 0. The Bertz CT molecular complexity index is 776. The lowest BCUT2D eigenvalue weighted by atomic mass is 10.2. The van der Waals surface area contributed by atoms with Crippen molar-refractivity contribution in [2.24, 2.45) is 4.99 Å². The summed E-state index contributed by atoms with van der Waals surface area (Å²) in [6, 6.07) is 3.45. The molecule has 2 aromatic heterocycles. The lowest BCUT2D eigenvalue weighted by Gasteiger charge is -2.36. The number of hydrogen-bond acceptors (Lipinski definition) is 5. The van der Waals surface area contributed by atoms with Crippen molar-refractivity contribution in [3.8, 4) is 0 Å². The van der Waals surface area contributed by atoms with Crippen LogP contribution in [0.3, 0.4) is 0 Å². The van der Waals surface area contributed by atoms with E-state index in [1.54, 1.807) is 23.5 Å². The average Bonchev–Trinajstić information content (AvgIpc) is 3.39. The van der Waals surface area contributed by atoms with Gasteiger partial charge in [0.2, 0.25) is 0 Å². The third-order valence-corrected chi connectivity index (χ3v) is 5.82. The monoisotopic (exact) mass is 403 g/mol. The predicted molar refractivity (Wildman–Crippen MR) is 112 cm³/mol. The number of hydrogen-bond donors (Lipinski definition) is 1. The summed E-state index contributed by atoms with van der Waals surface area (Å²) in [6.45, 7) is 10.8. The number of nitrogens with zero attached hydrogens (tertiary/aromatic N) is 4. The van der Waals surface area contributed by atoms with Crippen molar-refractivity contribution in [1.82, 2.24) is 20.1 Å². The third-order valence-electron chi connectivity index (χ3n) is 4.63. The van der Waals surface area contributed by atoms with Gasteiger partial charge in [0.1, 0.15) is 0 Å². The Kier molecular flexibility index (Phi) is 7.08. The zero-order valence-electron chi connectivity index (χ0n) is 16.9. The standard InChI is InChI=1S/C20H29N5O2S/c1-4-21-20(22-8-7-16-14-28-18(23-16)15(2)3)25-11-9-24(10-12-25)19(26)17-6-5-13-27-17/h5-6,13-15H,4,7-12H2,1-3H3,(H,21,22). The second kappa shape index (κ2) is 9.73. The molecule has 0 aliphatic carbocycles. The molecule has 1 amide bonds. The second-order valence-electron chi connectivity index (χ2n) is 7.07. The van der Waals surface area contributed by atoms with Gasteiger partial charge in [-0.3, -0.25) is 9.79 Å². The van der Waals surface area contributed by atoms with E-state index in [4.69, 9.17) is 9.41 Å². The Balaban J connectivity index is 1.53. The van der Waals surface area contributed by atoms with Crippen LogP contribution in [-0.2, 0) is 6.42 Å². The van der Waals surface area contributed by atoms with Gasteiger partial charge >= 0.3 is 0 Å². The van der Waals surface area contributed by atoms with E-state index in [9.17, 15) is 4.79 Å². The number of aromatic nitrogens is 1. The fourth-order valence-electron chi connectivity index (χ4n) is 3.08. The highest BCUT2D eigenvalue weighted by Gasteiger charge is 2.25. The van der Waals surface area contributed by atoms with Gasteiger partial charge in [0.15, 0.2) is 11.7 Å². The van der Waals surface area contributed by atoms with Crippen LogP contribution in [0.2, 0.25) is 0 Å². The maximum absolute atomic E-state index is 12.4. The summed E-state index contributed by atoms with van der Waals surface area (Å²) in [5.41, 5.74) is 1.11. The molecule has 1 saturated heterocycles. The van der Waals surface area contributed by atoms with E-state index in [0.717, 1.165) is 37.7 Å². The number of amides is 1. The largest absolute Gasteiger partial charge is 0.459 e.